The topological polar surface area (TPSA) is 111 Å². The molecule has 1 aliphatic heterocycles. The Kier molecular flexibility index (Phi) is 5.27. The fraction of sp³-hybridized carbons (Fsp3) is 0.375. The predicted octanol–water partition coefficient (Wildman–Crippen LogP) is 3.05. The zero-order valence-corrected chi connectivity index (χ0v) is 15.8. The van der Waals surface area contributed by atoms with Crippen molar-refractivity contribution in [1.82, 2.24) is 9.55 Å². The maximum absolute atomic E-state index is 12.4. The number of hydrogen-bond donors (Lipinski definition) is 1. The van der Waals surface area contributed by atoms with Crippen molar-refractivity contribution < 1.29 is 19.6 Å². The summed E-state index contributed by atoms with van der Waals surface area (Å²) in [6.07, 6.45) is 1.17. The van der Waals surface area contributed by atoms with Crippen LogP contribution in [0.1, 0.15) is 12.5 Å². The maximum Gasteiger partial charge on any atom is 0.414 e. The first-order chi connectivity index (χ1) is 12.7. The summed E-state index contributed by atoms with van der Waals surface area (Å²) in [6.45, 7) is 1.43. The monoisotopic (exact) mass is 414 g/mol. The highest BCUT2D eigenvalue weighted by atomic mass is 35.5. The molecule has 0 bridgehead atoms. The Morgan fingerprint density at radius 1 is 1.48 bits per heavy atom. The van der Waals surface area contributed by atoms with Crippen molar-refractivity contribution in [3.8, 4) is 0 Å². The molecular weight excluding hydrogens is 399 g/mol. The summed E-state index contributed by atoms with van der Waals surface area (Å²) in [5, 5.41) is 21.7. The number of hydrogen-bond acceptors (Lipinski definition) is 6. The normalized spacial score (nSPS) is 15.3. The van der Waals surface area contributed by atoms with Crippen molar-refractivity contribution in [2.45, 2.75) is 25.5 Å². The largest absolute Gasteiger partial charge is 0.446 e. The van der Waals surface area contributed by atoms with E-state index in [1.165, 1.54) is 16.4 Å². The minimum atomic E-state index is -1.50. The van der Waals surface area contributed by atoms with Gasteiger partial charge in [0.05, 0.1) is 12.2 Å². The summed E-state index contributed by atoms with van der Waals surface area (Å²) in [6, 6.07) is 5.23. The van der Waals surface area contributed by atoms with E-state index in [1.807, 2.05) is 0 Å². The van der Waals surface area contributed by atoms with Crippen LogP contribution in [0.25, 0.3) is 0 Å². The van der Waals surface area contributed by atoms with Gasteiger partial charge >= 0.3 is 17.2 Å². The first-order valence-electron chi connectivity index (χ1n) is 7.98. The Hall–Kier alpha value is -2.36. The van der Waals surface area contributed by atoms with Gasteiger partial charge in [-0.25, -0.2) is 4.79 Å². The summed E-state index contributed by atoms with van der Waals surface area (Å²) in [5.74, 6) is -0.430. The molecular formula is C16H16Cl2N4O5. The highest BCUT2D eigenvalue weighted by Gasteiger charge is 2.31. The van der Waals surface area contributed by atoms with Crippen LogP contribution in [0, 0.1) is 10.1 Å². The number of aliphatic hydroxyl groups is 1. The molecule has 2 aromatic rings. The number of rotatable bonds is 5. The molecule has 144 valence electrons. The van der Waals surface area contributed by atoms with E-state index < -0.39 is 22.4 Å². The number of aromatic nitrogens is 2. The van der Waals surface area contributed by atoms with E-state index in [0.29, 0.717) is 18.0 Å². The highest BCUT2D eigenvalue weighted by molar-refractivity contribution is 6.30. The Balaban J connectivity index is 1.62. The highest BCUT2D eigenvalue weighted by Crippen LogP contribution is 2.31. The van der Waals surface area contributed by atoms with Crippen LogP contribution >= 0.6 is 23.2 Å². The van der Waals surface area contributed by atoms with Gasteiger partial charge in [0.25, 0.3) is 0 Å². The molecule has 0 aliphatic carbocycles. The number of ether oxygens (including phenoxy) is 1. The second kappa shape index (κ2) is 7.34. The molecule has 27 heavy (non-hydrogen) atoms. The van der Waals surface area contributed by atoms with Gasteiger partial charge in [-0.15, -0.1) is 0 Å². The number of carbonyl (C=O) groups excluding carboxylic acids is 1. The van der Waals surface area contributed by atoms with Crippen molar-refractivity contribution >= 4 is 40.8 Å². The Bertz CT molecular complexity index is 899. The molecule has 1 aliphatic rings. The van der Waals surface area contributed by atoms with Gasteiger partial charge in [-0.2, -0.15) is 0 Å². The van der Waals surface area contributed by atoms with Gasteiger partial charge in [-0.3, -0.25) is 9.47 Å². The molecule has 1 N–H and O–H groups in total. The standard InChI is InChI=1S/C16H16Cl2N4O5/c1-16(24,8-20-7-13(22(25)26)19-14(20)18)9-27-15(23)21-5-4-10-6-11(17)2-3-12(10)21/h2-3,6-7,24H,4-5,8-9H2,1H3. The van der Waals surface area contributed by atoms with Gasteiger partial charge in [0.1, 0.15) is 18.4 Å². The summed E-state index contributed by atoms with van der Waals surface area (Å²) in [7, 11) is 0. The molecule has 0 spiro atoms. The van der Waals surface area contributed by atoms with Gasteiger partial charge in [-0.1, -0.05) is 11.6 Å². The number of imidazole rings is 1. The number of amides is 1. The van der Waals surface area contributed by atoms with E-state index in [0.717, 1.165) is 17.4 Å². The molecule has 1 atom stereocenters. The molecule has 1 aromatic carbocycles. The summed E-state index contributed by atoms with van der Waals surface area (Å²) in [5.41, 5.74) is 0.164. The number of nitro groups is 1. The van der Waals surface area contributed by atoms with Crippen LogP contribution in [0.5, 0.6) is 0 Å². The molecule has 3 rings (SSSR count). The number of anilines is 1. The number of fused-ring (bicyclic) bond motifs is 1. The molecule has 1 aromatic heterocycles. The third kappa shape index (κ3) is 4.32. The fourth-order valence-electron chi connectivity index (χ4n) is 2.85. The van der Waals surface area contributed by atoms with Crippen molar-refractivity contribution in [1.29, 1.82) is 0 Å². The molecule has 11 heteroatoms. The lowest BCUT2D eigenvalue weighted by Gasteiger charge is -2.25. The van der Waals surface area contributed by atoms with Crippen LogP contribution in [-0.4, -0.2) is 44.4 Å². The number of carbonyl (C=O) groups is 1. The zero-order chi connectivity index (χ0) is 19.8. The average Bonchev–Trinajstić information content (AvgIpc) is 3.16. The Labute approximate surface area is 164 Å². The Morgan fingerprint density at radius 2 is 2.22 bits per heavy atom. The lowest BCUT2D eigenvalue weighted by Crippen LogP contribution is -2.39. The van der Waals surface area contributed by atoms with Crippen LogP contribution in [0.3, 0.4) is 0 Å². The number of halogens is 2. The van der Waals surface area contributed by atoms with Crippen molar-refractivity contribution in [3.63, 3.8) is 0 Å². The van der Waals surface area contributed by atoms with Crippen LogP contribution in [0.2, 0.25) is 10.3 Å². The summed E-state index contributed by atoms with van der Waals surface area (Å²) < 4.78 is 6.46. The van der Waals surface area contributed by atoms with Gasteiger partial charge in [0, 0.05) is 11.6 Å². The Morgan fingerprint density at radius 3 is 2.89 bits per heavy atom. The van der Waals surface area contributed by atoms with E-state index in [2.05, 4.69) is 4.98 Å². The molecule has 0 saturated carbocycles. The molecule has 1 unspecified atom stereocenters. The van der Waals surface area contributed by atoms with Gasteiger partial charge in [0.2, 0.25) is 0 Å². The molecule has 0 saturated heterocycles. The van der Waals surface area contributed by atoms with Crippen molar-refractivity contribution in [2.75, 3.05) is 18.1 Å². The third-order valence-corrected chi connectivity index (χ3v) is 4.61. The first kappa shape index (κ1) is 19.4. The fourth-order valence-corrected chi connectivity index (χ4v) is 3.24. The summed E-state index contributed by atoms with van der Waals surface area (Å²) >= 11 is 11.8. The van der Waals surface area contributed by atoms with Gasteiger partial charge in [0.15, 0.2) is 0 Å². The lowest BCUT2D eigenvalue weighted by atomic mass is 10.1. The minimum Gasteiger partial charge on any atom is -0.446 e. The average molecular weight is 415 g/mol. The number of benzene rings is 1. The molecule has 2 heterocycles. The maximum atomic E-state index is 12.4. The van der Waals surface area contributed by atoms with E-state index >= 15 is 0 Å². The SMILES string of the molecule is CC(O)(COC(=O)N1CCc2cc(Cl)ccc21)Cn1cc([N+](=O)[O-])nc1Cl. The van der Waals surface area contributed by atoms with Crippen LogP contribution in [-0.2, 0) is 17.7 Å². The van der Waals surface area contributed by atoms with E-state index in [1.54, 1.807) is 18.2 Å². The smallest absolute Gasteiger partial charge is 0.414 e. The molecule has 9 nitrogen and oxygen atoms in total. The van der Waals surface area contributed by atoms with Crippen LogP contribution < -0.4 is 4.90 Å². The minimum absolute atomic E-state index is 0.133. The molecule has 1 amide bonds. The quantitative estimate of drug-likeness (QED) is 0.594. The zero-order valence-electron chi connectivity index (χ0n) is 14.3. The van der Waals surface area contributed by atoms with Crippen molar-refractivity contribution in [2.24, 2.45) is 0 Å². The first-order valence-corrected chi connectivity index (χ1v) is 8.74. The van der Waals surface area contributed by atoms with Crippen LogP contribution in [0.15, 0.2) is 24.4 Å². The predicted molar refractivity (Wildman–Crippen MR) is 98.4 cm³/mol. The summed E-state index contributed by atoms with van der Waals surface area (Å²) in [4.78, 5) is 27.5. The molecule has 0 radical (unpaired) electrons. The molecule has 0 fully saturated rings. The van der Waals surface area contributed by atoms with E-state index in [9.17, 15) is 20.0 Å². The van der Waals surface area contributed by atoms with E-state index in [4.69, 9.17) is 27.9 Å². The van der Waals surface area contributed by atoms with Gasteiger partial charge in [-0.05, 0) is 58.6 Å². The van der Waals surface area contributed by atoms with Crippen molar-refractivity contribution in [3.05, 3.63) is 50.4 Å². The number of nitrogens with zero attached hydrogens (tertiary/aromatic N) is 4. The second-order valence-electron chi connectivity index (χ2n) is 6.48. The van der Waals surface area contributed by atoms with Crippen LogP contribution in [0.4, 0.5) is 16.3 Å². The van der Waals surface area contributed by atoms with E-state index in [-0.39, 0.29) is 18.4 Å². The third-order valence-electron chi connectivity index (χ3n) is 4.08. The second-order valence-corrected chi connectivity index (χ2v) is 7.25. The van der Waals surface area contributed by atoms with Gasteiger partial charge < -0.3 is 20.0 Å². The lowest BCUT2D eigenvalue weighted by molar-refractivity contribution is -0.389.